The number of aromatic nitrogens is 1. The molecule has 0 aliphatic carbocycles. The van der Waals surface area contributed by atoms with Gasteiger partial charge in [-0.2, -0.15) is 0 Å². The van der Waals surface area contributed by atoms with Gasteiger partial charge in [0.15, 0.2) is 0 Å². The highest BCUT2D eigenvalue weighted by molar-refractivity contribution is 6.01. The fourth-order valence-corrected chi connectivity index (χ4v) is 3.37. The summed E-state index contributed by atoms with van der Waals surface area (Å²) in [4.78, 5) is 34.4. The zero-order chi connectivity index (χ0) is 21.7. The van der Waals surface area contributed by atoms with Crippen LogP contribution in [0.1, 0.15) is 29.8 Å². The molecule has 2 N–H and O–H groups in total. The molecule has 2 heterocycles. The van der Waals surface area contributed by atoms with Gasteiger partial charge in [0.25, 0.3) is 5.91 Å². The first-order valence-electron chi connectivity index (χ1n) is 10.4. The lowest BCUT2D eigenvalue weighted by molar-refractivity contribution is -0.118. The predicted octanol–water partition coefficient (Wildman–Crippen LogP) is 2.53. The molecule has 0 unspecified atom stereocenters. The number of carbonyl (C=O) groups excluding carboxylic acids is 2. The van der Waals surface area contributed by atoms with Crippen molar-refractivity contribution in [1.29, 1.82) is 0 Å². The summed E-state index contributed by atoms with van der Waals surface area (Å²) in [7, 11) is 2.12. The number of anilines is 2. The third-order valence-corrected chi connectivity index (χ3v) is 5.39. The van der Waals surface area contributed by atoms with E-state index >= 15 is 0 Å². The molecule has 0 radical (unpaired) electrons. The first kappa shape index (κ1) is 21.8. The molecule has 30 heavy (non-hydrogen) atoms. The van der Waals surface area contributed by atoms with Crippen LogP contribution in [0.5, 0.6) is 0 Å². The van der Waals surface area contributed by atoms with E-state index < -0.39 is 6.04 Å². The number of likely N-dealkylation sites (N-methyl/N-ethyl adjacent to an activating group) is 1. The minimum Gasteiger partial charge on any atom is -0.354 e. The van der Waals surface area contributed by atoms with Gasteiger partial charge in [-0.1, -0.05) is 31.5 Å². The van der Waals surface area contributed by atoms with Crippen LogP contribution in [0.25, 0.3) is 0 Å². The van der Waals surface area contributed by atoms with Crippen LogP contribution in [-0.2, 0) is 4.79 Å². The Kier molecular flexibility index (Phi) is 7.05. The van der Waals surface area contributed by atoms with Crippen molar-refractivity contribution in [1.82, 2.24) is 15.2 Å². The summed E-state index contributed by atoms with van der Waals surface area (Å²) in [6.45, 7) is 9.69. The van der Waals surface area contributed by atoms with Crippen LogP contribution in [0.3, 0.4) is 0 Å². The van der Waals surface area contributed by atoms with E-state index in [1.807, 2.05) is 45.0 Å². The Balaban J connectivity index is 1.61. The minimum absolute atomic E-state index is 0.0584. The molecular formula is C23H31N5O2. The summed E-state index contributed by atoms with van der Waals surface area (Å²) in [6.07, 6.45) is 1.67. The van der Waals surface area contributed by atoms with E-state index in [9.17, 15) is 9.59 Å². The highest BCUT2D eigenvalue weighted by atomic mass is 16.2. The van der Waals surface area contributed by atoms with Crippen LogP contribution in [-0.4, -0.2) is 61.0 Å². The first-order chi connectivity index (χ1) is 14.3. The predicted molar refractivity (Wildman–Crippen MR) is 120 cm³/mol. The number of amides is 2. The van der Waals surface area contributed by atoms with Gasteiger partial charge < -0.3 is 20.4 Å². The van der Waals surface area contributed by atoms with Crippen molar-refractivity contribution in [3.05, 3.63) is 53.7 Å². The molecule has 3 rings (SSSR count). The molecule has 0 saturated carbocycles. The van der Waals surface area contributed by atoms with Crippen LogP contribution < -0.4 is 15.5 Å². The van der Waals surface area contributed by atoms with Crippen molar-refractivity contribution in [3.63, 3.8) is 0 Å². The number of hydrogen-bond donors (Lipinski definition) is 2. The van der Waals surface area contributed by atoms with Crippen molar-refractivity contribution >= 4 is 23.3 Å². The number of rotatable bonds is 6. The van der Waals surface area contributed by atoms with Gasteiger partial charge in [-0.15, -0.1) is 0 Å². The molecule has 1 aliphatic rings. The van der Waals surface area contributed by atoms with Gasteiger partial charge in [-0.25, -0.2) is 4.98 Å². The lowest BCUT2D eigenvalue weighted by atomic mass is 10.0. The SMILES string of the molecule is Cc1ccc(C(=O)N[C@H](C(=O)Nc2ccc(N3CCN(C)CC3)nc2)C(C)C)cc1. The lowest BCUT2D eigenvalue weighted by Crippen LogP contribution is -2.47. The second-order valence-corrected chi connectivity index (χ2v) is 8.25. The average Bonchev–Trinajstić information content (AvgIpc) is 2.73. The number of aryl methyl sites for hydroxylation is 1. The Morgan fingerprint density at radius 1 is 1.00 bits per heavy atom. The van der Waals surface area contributed by atoms with Gasteiger partial charge >= 0.3 is 0 Å². The van der Waals surface area contributed by atoms with E-state index in [1.165, 1.54) is 0 Å². The molecule has 160 valence electrons. The van der Waals surface area contributed by atoms with Gasteiger partial charge in [0.2, 0.25) is 5.91 Å². The Labute approximate surface area is 178 Å². The van der Waals surface area contributed by atoms with Crippen molar-refractivity contribution in [3.8, 4) is 0 Å². The number of piperazine rings is 1. The Bertz CT molecular complexity index is 856. The van der Waals surface area contributed by atoms with Crippen molar-refractivity contribution < 1.29 is 9.59 Å². The molecule has 2 aromatic rings. The van der Waals surface area contributed by atoms with Crippen LogP contribution in [0.2, 0.25) is 0 Å². The fraction of sp³-hybridized carbons (Fsp3) is 0.435. The maximum absolute atomic E-state index is 12.8. The fourth-order valence-electron chi connectivity index (χ4n) is 3.37. The third kappa shape index (κ3) is 5.57. The van der Waals surface area contributed by atoms with E-state index in [0.717, 1.165) is 37.6 Å². The number of nitrogens with zero attached hydrogens (tertiary/aromatic N) is 3. The number of carbonyl (C=O) groups is 2. The highest BCUT2D eigenvalue weighted by Crippen LogP contribution is 2.17. The molecule has 1 aliphatic heterocycles. The molecule has 1 fully saturated rings. The van der Waals surface area contributed by atoms with E-state index in [0.29, 0.717) is 11.3 Å². The molecule has 7 nitrogen and oxygen atoms in total. The number of hydrogen-bond acceptors (Lipinski definition) is 5. The molecule has 1 aromatic carbocycles. The minimum atomic E-state index is -0.642. The quantitative estimate of drug-likeness (QED) is 0.767. The van der Waals surface area contributed by atoms with Gasteiger partial charge in [0, 0.05) is 31.7 Å². The molecule has 0 bridgehead atoms. The summed E-state index contributed by atoms with van der Waals surface area (Å²) in [5.74, 6) is 0.346. The van der Waals surface area contributed by atoms with Gasteiger partial charge in [0.1, 0.15) is 11.9 Å². The van der Waals surface area contributed by atoms with Gasteiger partial charge in [0.05, 0.1) is 11.9 Å². The van der Waals surface area contributed by atoms with Crippen LogP contribution in [0.4, 0.5) is 11.5 Å². The molecule has 1 saturated heterocycles. The van der Waals surface area contributed by atoms with Crippen LogP contribution >= 0.6 is 0 Å². The van der Waals surface area contributed by atoms with Crippen LogP contribution in [0.15, 0.2) is 42.6 Å². The normalized spacial score (nSPS) is 15.7. The summed E-state index contributed by atoms with van der Waals surface area (Å²) in [6, 6.07) is 10.4. The summed E-state index contributed by atoms with van der Waals surface area (Å²) < 4.78 is 0. The molecule has 0 spiro atoms. The smallest absolute Gasteiger partial charge is 0.251 e. The second-order valence-electron chi connectivity index (χ2n) is 8.25. The van der Waals surface area contributed by atoms with Crippen LogP contribution in [0, 0.1) is 12.8 Å². The second kappa shape index (κ2) is 9.71. The number of benzene rings is 1. The van der Waals surface area contributed by atoms with Crippen molar-refractivity contribution in [2.24, 2.45) is 5.92 Å². The Morgan fingerprint density at radius 3 is 2.23 bits per heavy atom. The zero-order valence-corrected chi connectivity index (χ0v) is 18.2. The van der Waals surface area contributed by atoms with Gasteiger partial charge in [-0.05, 0) is 44.2 Å². The molecule has 1 aromatic heterocycles. The van der Waals surface area contributed by atoms with E-state index in [2.05, 4.69) is 32.5 Å². The van der Waals surface area contributed by atoms with E-state index in [-0.39, 0.29) is 17.7 Å². The molecule has 7 heteroatoms. The van der Waals surface area contributed by atoms with E-state index in [1.54, 1.807) is 18.3 Å². The monoisotopic (exact) mass is 409 g/mol. The molecular weight excluding hydrogens is 378 g/mol. The average molecular weight is 410 g/mol. The number of pyridine rings is 1. The number of nitrogens with one attached hydrogen (secondary N) is 2. The zero-order valence-electron chi connectivity index (χ0n) is 18.2. The van der Waals surface area contributed by atoms with Crippen molar-refractivity contribution in [2.75, 3.05) is 43.4 Å². The topological polar surface area (TPSA) is 77.6 Å². The standard InChI is InChI=1S/C23H31N5O2/c1-16(2)21(26-22(29)18-7-5-17(3)6-8-18)23(30)25-19-9-10-20(24-15-19)28-13-11-27(4)12-14-28/h5-10,15-16,21H,11-14H2,1-4H3,(H,25,30)(H,26,29)/t21-/m0/s1. The summed E-state index contributed by atoms with van der Waals surface area (Å²) >= 11 is 0. The third-order valence-electron chi connectivity index (χ3n) is 5.39. The summed E-state index contributed by atoms with van der Waals surface area (Å²) in [5, 5.41) is 5.74. The molecule has 1 atom stereocenters. The lowest BCUT2D eigenvalue weighted by Gasteiger charge is -2.33. The van der Waals surface area contributed by atoms with Gasteiger partial charge in [-0.3, -0.25) is 9.59 Å². The summed E-state index contributed by atoms with van der Waals surface area (Å²) in [5.41, 5.74) is 2.24. The largest absolute Gasteiger partial charge is 0.354 e. The van der Waals surface area contributed by atoms with E-state index in [4.69, 9.17) is 0 Å². The molecule has 2 amide bonds. The maximum atomic E-state index is 12.8. The first-order valence-corrected chi connectivity index (χ1v) is 10.4. The maximum Gasteiger partial charge on any atom is 0.251 e. The Hall–Kier alpha value is -2.93. The highest BCUT2D eigenvalue weighted by Gasteiger charge is 2.25. The van der Waals surface area contributed by atoms with Crippen molar-refractivity contribution in [2.45, 2.75) is 26.8 Å². The Morgan fingerprint density at radius 2 is 1.67 bits per heavy atom.